The highest BCUT2D eigenvalue weighted by atomic mass is 16.5. The van der Waals surface area contributed by atoms with Gasteiger partial charge in [-0.1, -0.05) is 18.2 Å². The van der Waals surface area contributed by atoms with Gasteiger partial charge < -0.3 is 19.9 Å². The predicted molar refractivity (Wildman–Crippen MR) is 108 cm³/mol. The van der Waals surface area contributed by atoms with Gasteiger partial charge in [0.1, 0.15) is 0 Å². The van der Waals surface area contributed by atoms with Crippen molar-refractivity contribution in [1.82, 2.24) is 25.1 Å². The largest absolute Gasteiger partial charge is 0.379 e. The van der Waals surface area contributed by atoms with E-state index in [1.54, 1.807) is 6.20 Å². The van der Waals surface area contributed by atoms with Crippen LogP contribution in [0.3, 0.4) is 0 Å². The highest BCUT2D eigenvalue weighted by molar-refractivity contribution is 5.79. The van der Waals surface area contributed by atoms with Gasteiger partial charge in [0, 0.05) is 38.6 Å². The molecule has 0 atom stereocenters. The van der Waals surface area contributed by atoms with Crippen LogP contribution in [0.2, 0.25) is 0 Å². The van der Waals surface area contributed by atoms with Crippen molar-refractivity contribution >= 4 is 5.96 Å². The molecule has 2 N–H and O–H groups in total. The van der Waals surface area contributed by atoms with Crippen LogP contribution in [-0.2, 0) is 11.3 Å². The van der Waals surface area contributed by atoms with E-state index < -0.39 is 0 Å². The molecule has 1 aromatic carbocycles. The number of imidazole rings is 1. The molecule has 1 saturated heterocycles. The maximum absolute atomic E-state index is 5.39. The van der Waals surface area contributed by atoms with Gasteiger partial charge in [0.05, 0.1) is 31.8 Å². The smallest absolute Gasteiger partial charge is 0.191 e. The van der Waals surface area contributed by atoms with Crippen LogP contribution in [0.25, 0.3) is 5.69 Å². The zero-order chi connectivity index (χ0) is 18.7. The number of guanidine groups is 1. The first-order valence-electron chi connectivity index (χ1n) is 9.75. The molecule has 7 heteroatoms. The Morgan fingerprint density at radius 3 is 2.85 bits per heavy atom. The number of nitrogens with one attached hydrogen (secondary N) is 2. The van der Waals surface area contributed by atoms with Gasteiger partial charge >= 0.3 is 0 Å². The molecule has 27 heavy (non-hydrogen) atoms. The van der Waals surface area contributed by atoms with Crippen molar-refractivity contribution in [2.45, 2.75) is 19.9 Å². The van der Waals surface area contributed by atoms with Crippen molar-refractivity contribution in [3.05, 3.63) is 48.5 Å². The molecule has 1 aromatic heterocycles. The van der Waals surface area contributed by atoms with E-state index in [0.29, 0.717) is 6.54 Å². The minimum atomic E-state index is 0.618. The van der Waals surface area contributed by atoms with Crippen LogP contribution < -0.4 is 10.6 Å². The first-order chi connectivity index (χ1) is 13.4. The van der Waals surface area contributed by atoms with Crippen molar-refractivity contribution < 1.29 is 4.74 Å². The summed E-state index contributed by atoms with van der Waals surface area (Å²) in [4.78, 5) is 11.4. The van der Waals surface area contributed by atoms with Gasteiger partial charge in [0.15, 0.2) is 5.96 Å². The third-order valence-electron chi connectivity index (χ3n) is 4.57. The highest BCUT2D eigenvalue weighted by Crippen LogP contribution is 2.15. The van der Waals surface area contributed by atoms with E-state index in [4.69, 9.17) is 9.73 Å². The second-order valence-corrected chi connectivity index (χ2v) is 6.53. The van der Waals surface area contributed by atoms with E-state index in [1.165, 1.54) is 5.56 Å². The van der Waals surface area contributed by atoms with Gasteiger partial charge in [0.2, 0.25) is 0 Å². The summed E-state index contributed by atoms with van der Waals surface area (Å²) in [5.74, 6) is 0.861. The average Bonchev–Trinajstić information content (AvgIpc) is 3.25. The maximum Gasteiger partial charge on any atom is 0.191 e. The molecule has 146 valence electrons. The lowest BCUT2D eigenvalue weighted by Crippen LogP contribution is -2.40. The fraction of sp³-hybridized carbons (Fsp3) is 0.500. The Morgan fingerprint density at radius 1 is 1.22 bits per heavy atom. The maximum atomic E-state index is 5.39. The lowest BCUT2D eigenvalue weighted by Gasteiger charge is -2.26. The van der Waals surface area contributed by atoms with Crippen molar-refractivity contribution in [2.75, 3.05) is 45.9 Å². The number of aromatic nitrogens is 2. The third-order valence-corrected chi connectivity index (χ3v) is 4.57. The zero-order valence-corrected chi connectivity index (χ0v) is 16.1. The van der Waals surface area contributed by atoms with Crippen LogP contribution in [-0.4, -0.2) is 66.3 Å². The van der Waals surface area contributed by atoms with Crippen molar-refractivity contribution in [1.29, 1.82) is 0 Å². The summed E-state index contributed by atoms with van der Waals surface area (Å²) in [6, 6.07) is 8.29. The van der Waals surface area contributed by atoms with Gasteiger partial charge in [0.25, 0.3) is 0 Å². The molecular weight excluding hydrogens is 340 g/mol. The molecule has 0 amide bonds. The van der Waals surface area contributed by atoms with Crippen LogP contribution in [0, 0.1) is 0 Å². The summed E-state index contributed by atoms with van der Waals surface area (Å²) < 4.78 is 7.42. The number of hydrogen-bond donors (Lipinski definition) is 2. The van der Waals surface area contributed by atoms with Gasteiger partial charge in [-0.05, 0) is 31.5 Å². The topological polar surface area (TPSA) is 66.7 Å². The number of hydrogen-bond acceptors (Lipinski definition) is 4. The Balaban J connectivity index is 1.53. The van der Waals surface area contributed by atoms with Crippen molar-refractivity contribution in [3.8, 4) is 5.69 Å². The summed E-state index contributed by atoms with van der Waals surface area (Å²) in [5, 5.41) is 6.78. The summed E-state index contributed by atoms with van der Waals surface area (Å²) in [5.41, 5.74) is 2.28. The predicted octanol–water partition coefficient (Wildman–Crippen LogP) is 1.65. The monoisotopic (exact) mass is 370 g/mol. The van der Waals surface area contributed by atoms with Crippen LogP contribution in [0.4, 0.5) is 0 Å². The number of para-hydroxylation sites is 1. The van der Waals surface area contributed by atoms with Crippen LogP contribution in [0.5, 0.6) is 0 Å². The number of benzene rings is 1. The normalized spacial score (nSPS) is 15.7. The SMILES string of the molecule is CCNC(=NCc1ccccc1-n1ccnc1)NCCCN1CCOCC1. The summed E-state index contributed by atoms with van der Waals surface area (Å²) >= 11 is 0. The second kappa shape index (κ2) is 10.7. The van der Waals surface area contributed by atoms with E-state index in [1.807, 2.05) is 29.2 Å². The van der Waals surface area contributed by atoms with E-state index in [0.717, 1.165) is 64.0 Å². The lowest BCUT2D eigenvalue weighted by atomic mass is 10.2. The van der Waals surface area contributed by atoms with Crippen LogP contribution in [0.15, 0.2) is 48.0 Å². The Hall–Kier alpha value is -2.38. The quantitative estimate of drug-likeness (QED) is 0.420. The molecule has 1 aliphatic heterocycles. The van der Waals surface area contributed by atoms with Crippen molar-refractivity contribution in [3.63, 3.8) is 0 Å². The summed E-state index contributed by atoms with van der Waals surface area (Å²) in [6.45, 7) is 9.35. The Morgan fingerprint density at radius 2 is 2.07 bits per heavy atom. The molecule has 1 aliphatic rings. The number of morpholine rings is 1. The molecular formula is C20H30N6O. The summed E-state index contributed by atoms with van der Waals surface area (Å²) in [7, 11) is 0. The first kappa shape index (κ1) is 19.4. The van der Waals surface area contributed by atoms with E-state index in [-0.39, 0.29) is 0 Å². The molecule has 2 aromatic rings. The molecule has 0 saturated carbocycles. The minimum absolute atomic E-state index is 0.618. The minimum Gasteiger partial charge on any atom is -0.379 e. The fourth-order valence-electron chi connectivity index (χ4n) is 3.14. The van der Waals surface area contributed by atoms with Gasteiger partial charge in [-0.15, -0.1) is 0 Å². The van der Waals surface area contributed by atoms with E-state index >= 15 is 0 Å². The number of rotatable bonds is 8. The molecule has 1 fully saturated rings. The second-order valence-electron chi connectivity index (χ2n) is 6.53. The molecule has 7 nitrogen and oxygen atoms in total. The zero-order valence-electron chi connectivity index (χ0n) is 16.1. The third kappa shape index (κ3) is 6.08. The molecule has 0 unspecified atom stereocenters. The molecule has 3 rings (SSSR count). The van der Waals surface area contributed by atoms with Crippen LogP contribution in [0.1, 0.15) is 18.9 Å². The number of nitrogens with zero attached hydrogens (tertiary/aromatic N) is 4. The number of ether oxygens (including phenoxy) is 1. The Labute approximate surface area is 161 Å². The van der Waals surface area contributed by atoms with E-state index in [9.17, 15) is 0 Å². The molecule has 0 radical (unpaired) electrons. The standard InChI is InChI=1S/C20H30N6O/c1-2-22-20(23-8-5-10-25-12-14-27-15-13-25)24-16-18-6-3-4-7-19(18)26-11-9-21-17-26/h3-4,6-7,9,11,17H,2,5,8,10,12-16H2,1H3,(H2,22,23,24). The molecule has 2 heterocycles. The van der Waals surface area contributed by atoms with Gasteiger partial charge in [-0.3, -0.25) is 4.90 Å². The lowest BCUT2D eigenvalue weighted by molar-refractivity contribution is 0.0376. The van der Waals surface area contributed by atoms with Crippen molar-refractivity contribution in [2.24, 2.45) is 4.99 Å². The Kier molecular flexibility index (Phi) is 7.68. The van der Waals surface area contributed by atoms with Gasteiger partial charge in [-0.2, -0.15) is 0 Å². The molecule has 0 spiro atoms. The average molecular weight is 371 g/mol. The fourth-order valence-corrected chi connectivity index (χ4v) is 3.14. The molecule has 0 aliphatic carbocycles. The van der Waals surface area contributed by atoms with Crippen LogP contribution >= 0.6 is 0 Å². The first-order valence-corrected chi connectivity index (χ1v) is 9.75. The van der Waals surface area contributed by atoms with E-state index in [2.05, 4.69) is 39.6 Å². The van der Waals surface area contributed by atoms with Gasteiger partial charge in [-0.25, -0.2) is 9.98 Å². The molecule has 0 bridgehead atoms. The summed E-state index contributed by atoms with van der Waals surface area (Å²) in [6.07, 6.45) is 6.66. The Bertz CT molecular complexity index is 694. The number of aliphatic imine (C=N–C) groups is 1. The highest BCUT2D eigenvalue weighted by Gasteiger charge is 2.09.